The number of nitrogens with zero attached hydrogens (tertiary/aromatic N) is 1. The fourth-order valence-corrected chi connectivity index (χ4v) is 2.65. The molecule has 0 aliphatic carbocycles. The fraction of sp³-hybridized carbons (Fsp3) is 0.571. The zero-order valence-corrected chi connectivity index (χ0v) is 14.9. The van der Waals surface area contributed by atoms with Crippen molar-refractivity contribution >= 4 is 24.8 Å². The van der Waals surface area contributed by atoms with Crippen LogP contribution in [0.3, 0.4) is 0 Å². The van der Waals surface area contributed by atoms with Gasteiger partial charge in [-0.15, -0.1) is 38.0 Å². The number of hydrogen-bond acceptors (Lipinski definition) is 4. The number of rotatable bonds is 4. The van der Waals surface area contributed by atoms with E-state index in [1.54, 1.807) is 0 Å². The van der Waals surface area contributed by atoms with E-state index in [0.717, 1.165) is 18.2 Å². The summed E-state index contributed by atoms with van der Waals surface area (Å²) < 4.78 is 79.4. The molecule has 0 aromatic heterocycles. The average Bonchev–Trinajstić information content (AvgIpc) is 2.45. The van der Waals surface area contributed by atoms with E-state index in [4.69, 9.17) is 0 Å². The summed E-state index contributed by atoms with van der Waals surface area (Å²) in [5, 5.41) is 12.9. The first-order valence-corrected chi connectivity index (χ1v) is 7.15. The second kappa shape index (κ2) is 9.72. The van der Waals surface area contributed by atoms with Gasteiger partial charge < -0.3 is 15.2 Å². The van der Waals surface area contributed by atoms with E-state index in [0.29, 0.717) is 13.1 Å². The third-order valence-corrected chi connectivity index (χ3v) is 3.61. The lowest BCUT2D eigenvalue weighted by Gasteiger charge is -2.36. The van der Waals surface area contributed by atoms with Gasteiger partial charge >= 0.3 is 12.5 Å². The molecule has 0 amide bonds. The molecule has 152 valence electrons. The Hall–Kier alpha value is -1.10. The van der Waals surface area contributed by atoms with Crippen LogP contribution in [0.2, 0.25) is 0 Å². The molecule has 1 fully saturated rings. The molecule has 1 aliphatic heterocycles. The summed E-state index contributed by atoms with van der Waals surface area (Å²) >= 11 is 0. The molecule has 1 heterocycles. The van der Waals surface area contributed by atoms with Crippen LogP contribution in [0, 0.1) is 0 Å². The summed E-state index contributed by atoms with van der Waals surface area (Å²) in [5.41, 5.74) is -0.240. The molecule has 0 spiro atoms. The molecule has 4 nitrogen and oxygen atoms in total. The van der Waals surface area contributed by atoms with E-state index in [2.05, 4.69) is 10.1 Å². The molecule has 1 aromatic rings. The largest absolute Gasteiger partial charge is 0.573 e. The van der Waals surface area contributed by atoms with Crippen LogP contribution >= 0.6 is 24.8 Å². The first-order valence-electron chi connectivity index (χ1n) is 7.15. The molecule has 0 unspecified atom stereocenters. The average molecular weight is 431 g/mol. The molecule has 1 atom stereocenters. The summed E-state index contributed by atoms with van der Waals surface area (Å²) in [6.07, 6.45) is -10.8. The predicted molar refractivity (Wildman–Crippen MR) is 87.1 cm³/mol. The van der Waals surface area contributed by atoms with E-state index < -0.39 is 36.5 Å². The zero-order chi connectivity index (χ0) is 18.0. The van der Waals surface area contributed by atoms with Gasteiger partial charge in [-0.25, -0.2) is 0 Å². The highest BCUT2D eigenvalue weighted by Crippen LogP contribution is 2.39. The van der Waals surface area contributed by atoms with E-state index in [9.17, 15) is 31.4 Å². The maximum atomic E-state index is 12.9. The molecule has 26 heavy (non-hydrogen) atoms. The normalized spacial score (nSPS) is 17.0. The second-order valence-electron chi connectivity index (χ2n) is 5.39. The van der Waals surface area contributed by atoms with Crippen molar-refractivity contribution in [1.29, 1.82) is 0 Å². The van der Waals surface area contributed by atoms with E-state index >= 15 is 0 Å². The van der Waals surface area contributed by atoms with Crippen LogP contribution in [0.15, 0.2) is 18.2 Å². The first-order chi connectivity index (χ1) is 11.1. The highest BCUT2D eigenvalue weighted by atomic mass is 35.5. The van der Waals surface area contributed by atoms with Gasteiger partial charge in [0.25, 0.3) is 0 Å². The van der Waals surface area contributed by atoms with Crippen LogP contribution in [-0.4, -0.2) is 48.7 Å². The Morgan fingerprint density at radius 3 is 2.15 bits per heavy atom. The molecule has 1 aliphatic rings. The lowest BCUT2D eigenvalue weighted by Crippen LogP contribution is -2.46. The molecule has 1 saturated heterocycles. The van der Waals surface area contributed by atoms with Gasteiger partial charge in [-0.05, 0) is 18.2 Å². The van der Waals surface area contributed by atoms with Crippen molar-refractivity contribution in [2.45, 2.75) is 25.0 Å². The molecule has 12 heteroatoms. The minimum atomic E-state index is -4.97. The van der Waals surface area contributed by atoms with Gasteiger partial charge in [0.15, 0.2) is 0 Å². The number of piperazine rings is 1. The van der Waals surface area contributed by atoms with Crippen molar-refractivity contribution in [3.63, 3.8) is 0 Å². The first kappa shape index (κ1) is 24.9. The monoisotopic (exact) mass is 430 g/mol. The van der Waals surface area contributed by atoms with Gasteiger partial charge in [-0.1, -0.05) is 0 Å². The van der Waals surface area contributed by atoms with Crippen molar-refractivity contribution in [3.8, 4) is 11.5 Å². The Morgan fingerprint density at radius 1 is 1.08 bits per heavy atom. The highest BCUT2D eigenvalue weighted by molar-refractivity contribution is 5.85. The number of phenolic OH excluding ortho intramolecular Hbond substituents is 1. The minimum Gasteiger partial charge on any atom is -0.508 e. The Morgan fingerprint density at radius 2 is 1.65 bits per heavy atom. The SMILES string of the molecule is Cl.Cl.Oc1ccc(OC(F)(F)F)cc1[C@@H](CC(F)(F)F)N1CCNCC1. The molecule has 2 N–H and O–H groups in total. The smallest absolute Gasteiger partial charge is 0.508 e. The van der Waals surface area contributed by atoms with Crippen LogP contribution in [0.25, 0.3) is 0 Å². The maximum absolute atomic E-state index is 12.9. The van der Waals surface area contributed by atoms with Crippen LogP contribution in [0.1, 0.15) is 18.0 Å². The van der Waals surface area contributed by atoms with Gasteiger partial charge in [-0.3, -0.25) is 4.90 Å². The van der Waals surface area contributed by atoms with Crippen LogP contribution in [0.4, 0.5) is 26.3 Å². The lowest BCUT2D eigenvalue weighted by atomic mass is 9.99. The zero-order valence-electron chi connectivity index (χ0n) is 13.2. The van der Waals surface area contributed by atoms with Crippen LogP contribution in [-0.2, 0) is 0 Å². The van der Waals surface area contributed by atoms with Crippen molar-refractivity contribution in [2.24, 2.45) is 0 Å². The van der Waals surface area contributed by atoms with Gasteiger partial charge in [0.1, 0.15) is 11.5 Å². The van der Waals surface area contributed by atoms with E-state index in [1.807, 2.05) is 0 Å². The van der Waals surface area contributed by atoms with Gasteiger partial charge in [0.05, 0.1) is 6.42 Å². The van der Waals surface area contributed by atoms with Gasteiger partial charge in [0, 0.05) is 37.8 Å². The number of benzene rings is 1. The number of alkyl halides is 6. The summed E-state index contributed by atoms with van der Waals surface area (Å²) in [7, 11) is 0. The Kier molecular flexibility index (Phi) is 9.31. The number of phenols is 1. The third kappa shape index (κ3) is 7.65. The van der Waals surface area contributed by atoms with E-state index in [-0.39, 0.29) is 43.5 Å². The molecule has 2 rings (SSSR count). The maximum Gasteiger partial charge on any atom is 0.573 e. The number of aromatic hydroxyl groups is 1. The van der Waals surface area contributed by atoms with Gasteiger partial charge in [0.2, 0.25) is 0 Å². The summed E-state index contributed by atoms with van der Waals surface area (Å²) in [4.78, 5) is 1.48. The van der Waals surface area contributed by atoms with Crippen LogP contribution < -0.4 is 10.1 Å². The molecule has 0 bridgehead atoms. The second-order valence-corrected chi connectivity index (χ2v) is 5.39. The molecular weight excluding hydrogens is 413 g/mol. The Balaban J connectivity index is 0.00000312. The number of nitrogens with one attached hydrogen (secondary N) is 1. The lowest BCUT2D eigenvalue weighted by molar-refractivity contribution is -0.274. The summed E-state index contributed by atoms with van der Waals surface area (Å²) in [5.74, 6) is -1.17. The molecular formula is C14H18Cl2F6N2O2. The number of hydrogen-bond donors (Lipinski definition) is 2. The van der Waals surface area contributed by atoms with Crippen molar-refractivity contribution in [2.75, 3.05) is 26.2 Å². The quantitative estimate of drug-likeness (QED) is 0.707. The Labute approximate surface area is 158 Å². The molecule has 0 saturated carbocycles. The van der Waals surface area contributed by atoms with Crippen LogP contribution in [0.5, 0.6) is 11.5 Å². The molecule has 0 radical (unpaired) electrons. The summed E-state index contributed by atoms with van der Waals surface area (Å²) in [6.45, 7) is 1.47. The van der Waals surface area contributed by atoms with Crippen molar-refractivity contribution in [3.05, 3.63) is 23.8 Å². The van der Waals surface area contributed by atoms with Gasteiger partial charge in [-0.2, -0.15) is 13.2 Å². The number of ether oxygens (including phenoxy) is 1. The van der Waals surface area contributed by atoms with Crippen molar-refractivity contribution < 1.29 is 36.2 Å². The highest BCUT2D eigenvalue weighted by Gasteiger charge is 2.38. The predicted octanol–water partition coefficient (Wildman–Crippen LogP) is 4.03. The summed E-state index contributed by atoms with van der Waals surface area (Å²) in [6, 6.07) is 1.28. The van der Waals surface area contributed by atoms with Crippen molar-refractivity contribution in [1.82, 2.24) is 10.2 Å². The molecule has 1 aromatic carbocycles. The topological polar surface area (TPSA) is 44.7 Å². The third-order valence-electron chi connectivity index (χ3n) is 3.61. The standard InChI is InChI=1S/C14H16F6N2O2.2ClH/c15-13(16,17)8-11(22-5-3-21-4-6-22)10-7-9(1-2-12(10)23)24-14(18,19)20;;/h1-2,7,11,21,23H,3-6,8H2;2*1H/t11-;;/m1../s1. The van der Waals surface area contributed by atoms with E-state index in [1.165, 1.54) is 4.90 Å². The fourth-order valence-electron chi connectivity index (χ4n) is 2.65. The number of halogens is 8. The minimum absolute atomic E-state index is 0. The Bertz CT molecular complexity index is 565.